The van der Waals surface area contributed by atoms with Gasteiger partial charge < -0.3 is 16.2 Å². The molecule has 4 nitrogen and oxygen atoms in total. The van der Waals surface area contributed by atoms with Gasteiger partial charge in [-0.3, -0.25) is 4.79 Å². The zero-order valence-electron chi connectivity index (χ0n) is 11.8. The lowest BCUT2D eigenvalue weighted by atomic mass is 10.0. The highest BCUT2D eigenvalue weighted by Gasteiger charge is 2.14. The van der Waals surface area contributed by atoms with Crippen LogP contribution < -0.4 is 11.1 Å². The van der Waals surface area contributed by atoms with Crippen LogP contribution in [0.5, 0.6) is 0 Å². The van der Waals surface area contributed by atoms with Crippen LogP contribution in [0.3, 0.4) is 0 Å². The van der Waals surface area contributed by atoms with E-state index in [-0.39, 0.29) is 11.9 Å². The van der Waals surface area contributed by atoms with Gasteiger partial charge in [-0.05, 0) is 43.2 Å². The van der Waals surface area contributed by atoms with Gasteiger partial charge in [0.05, 0.1) is 11.7 Å². The number of anilines is 1. The molecule has 2 aromatic carbocycles. The normalized spacial score (nSPS) is 13.9. The van der Waals surface area contributed by atoms with E-state index in [2.05, 4.69) is 5.32 Å². The minimum Gasteiger partial charge on any atom is -0.398 e. The second-order valence-corrected chi connectivity index (χ2v) is 5.25. The second kappa shape index (κ2) is 5.92. The van der Waals surface area contributed by atoms with Crippen molar-refractivity contribution in [3.8, 4) is 0 Å². The van der Waals surface area contributed by atoms with Crippen LogP contribution in [0.25, 0.3) is 10.8 Å². The summed E-state index contributed by atoms with van der Waals surface area (Å²) in [6.07, 6.45) is 0.0680. The Morgan fingerprint density at radius 3 is 2.45 bits per heavy atom. The Labute approximate surface area is 118 Å². The summed E-state index contributed by atoms with van der Waals surface area (Å²) >= 11 is 0. The van der Waals surface area contributed by atoms with Crippen molar-refractivity contribution in [2.24, 2.45) is 0 Å². The van der Waals surface area contributed by atoms with E-state index in [1.54, 1.807) is 13.0 Å². The van der Waals surface area contributed by atoms with E-state index in [0.717, 1.165) is 10.8 Å². The number of rotatable bonds is 4. The third-order valence-corrected chi connectivity index (χ3v) is 3.23. The highest BCUT2D eigenvalue weighted by molar-refractivity contribution is 6.04. The zero-order valence-corrected chi connectivity index (χ0v) is 11.8. The van der Waals surface area contributed by atoms with Crippen LogP contribution in [0, 0.1) is 0 Å². The molecule has 2 atom stereocenters. The molecule has 4 heteroatoms. The molecule has 0 saturated carbocycles. The Hall–Kier alpha value is -2.07. The number of hydrogen-bond donors (Lipinski definition) is 3. The standard InChI is InChI=1S/C16H20N2O2/c1-10(7-11(2)19)18-16(20)14-8-12-5-3-4-6-13(12)9-15(14)17/h3-6,8-11,19H,7,17H2,1-2H3,(H,18,20). The predicted octanol–water partition coefficient (Wildman–Crippen LogP) is 2.31. The average Bonchev–Trinajstić information content (AvgIpc) is 2.36. The molecule has 0 aliphatic carbocycles. The maximum atomic E-state index is 12.2. The number of hydrogen-bond acceptors (Lipinski definition) is 3. The number of fused-ring (bicyclic) bond motifs is 1. The summed E-state index contributed by atoms with van der Waals surface area (Å²) in [7, 11) is 0. The van der Waals surface area contributed by atoms with E-state index in [0.29, 0.717) is 17.7 Å². The summed E-state index contributed by atoms with van der Waals surface area (Å²) in [4.78, 5) is 12.2. The SMILES string of the molecule is CC(O)CC(C)NC(=O)c1cc2ccccc2cc1N. The van der Waals surface area contributed by atoms with Crippen LogP contribution in [-0.2, 0) is 0 Å². The summed E-state index contributed by atoms with van der Waals surface area (Å²) in [5.74, 6) is -0.207. The lowest BCUT2D eigenvalue weighted by Gasteiger charge is -2.16. The summed E-state index contributed by atoms with van der Waals surface area (Å²) in [5.41, 5.74) is 6.89. The van der Waals surface area contributed by atoms with Crippen LogP contribution in [0.15, 0.2) is 36.4 Å². The van der Waals surface area contributed by atoms with Crippen molar-refractivity contribution in [2.75, 3.05) is 5.73 Å². The van der Waals surface area contributed by atoms with Crippen LogP contribution in [0.4, 0.5) is 5.69 Å². The van der Waals surface area contributed by atoms with Crippen molar-refractivity contribution in [1.29, 1.82) is 0 Å². The van der Waals surface area contributed by atoms with Crippen molar-refractivity contribution >= 4 is 22.4 Å². The number of carbonyl (C=O) groups excluding carboxylic acids is 1. The molecule has 4 N–H and O–H groups in total. The quantitative estimate of drug-likeness (QED) is 0.748. The van der Waals surface area contributed by atoms with Crippen LogP contribution in [0.2, 0.25) is 0 Å². The van der Waals surface area contributed by atoms with Crippen LogP contribution in [0.1, 0.15) is 30.6 Å². The molecule has 2 rings (SSSR count). The second-order valence-electron chi connectivity index (χ2n) is 5.25. The molecule has 0 radical (unpaired) electrons. The number of amides is 1. The molecule has 2 unspecified atom stereocenters. The molecule has 2 aromatic rings. The fourth-order valence-electron chi connectivity index (χ4n) is 2.33. The smallest absolute Gasteiger partial charge is 0.253 e. The average molecular weight is 272 g/mol. The van der Waals surface area contributed by atoms with Gasteiger partial charge in [0.2, 0.25) is 0 Å². The number of nitrogen functional groups attached to an aromatic ring is 1. The molecule has 0 aromatic heterocycles. The molecule has 0 bridgehead atoms. The number of nitrogens with two attached hydrogens (primary N) is 1. The Balaban J connectivity index is 2.23. The summed E-state index contributed by atoms with van der Waals surface area (Å²) in [5, 5.41) is 14.2. The molecule has 0 aliphatic rings. The highest BCUT2D eigenvalue weighted by Crippen LogP contribution is 2.22. The Morgan fingerprint density at radius 2 is 1.85 bits per heavy atom. The fourth-order valence-corrected chi connectivity index (χ4v) is 2.33. The Bertz CT molecular complexity index is 623. The molecule has 0 heterocycles. The number of nitrogens with one attached hydrogen (secondary N) is 1. The van der Waals surface area contributed by atoms with E-state index in [1.165, 1.54) is 0 Å². The molecule has 0 fully saturated rings. The van der Waals surface area contributed by atoms with Crippen LogP contribution in [-0.4, -0.2) is 23.2 Å². The van der Waals surface area contributed by atoms with Crippen molar-refractivity contribution in [3.05, 3.63) is 42.0 Å². The summed E-state index contributed by atoms with van der Waals surface area (Å²) < 4.78 is 0. The van der Waals surface area contributed by atoms with E-state index < -0.39 is 6.10 Å². The minimum atomic E-state index is -0.445. The Kier molecular flexibility index (Phi) is 4.25. The summed E-state index contributed by atoms with van der Waals surface area (Å²) in [6.45, 7) is 3.56. The van der Waals surface area contributed by atoms with Gasteiger partial charge in [0.1, 0.15) is 0 Å². The minimum absolute atomic E-state index is 0.103. The van der Waals surface area contributed by atoms with Crippen molar-refractivity contribution in [1.82, 2.24) is 5.32 Å². The number of aliphatic hydroxyl groups excluding tert-OH is 1. The molecule has 1 amide bonds. The predicted molar refractivity (Wildman–Crippen MR) is 81.6 cm³/mol. The van der Waals surface area contributed by atoms with Crippen LogP contribution >= 0.6 is 0 Å². The molecule has 0 saturated heterocycles. The van der Waals surface area contributed by atoms with E-state index in [4.69, 9.17) is 5.73 Å². The first-order valence-corrected chi connectivity index (χ1v) is 6.74. The van der Waals surface area contributed by atoms with E-state index in [9.17, 15) is 9.90 Å². The monoisotopic (exact) mass is 272 g/mol. The van der Waals surface area contributed by atoms with Crippen molar-refractivity contribution < 1.29 is 9.90 Å². The number of carbonyl (C=O) groups is 1. The first-order valence-electron chi connectivity index (χ1n) is 6.74. The number of benzene rings is 2. The third kappa shape index (κ3) is 3.27. The van der Waals surface area contributed by atoms with Gasteiger partial charge in [-0.25, -0.2) is 0 Å². The summed E-state index contributed by atoms with van der Waals surface area (Å²) in [6, 6.07) is 11.3. The molecule has 0 spiro atoms. The fraction of sp³-hybridized carbons (Fsp3) is 0.312. The molecular weight excluding hydrogens is 252 g/mol. The van der Waals surface area contributed by atoms with Gasteiger partial charge >= 0.3 is 0 Å². The topological polar surface area (TPSA) is 75.3 Å². The zero-order chi connectivity index (χ0) is 14.7. The van der Waals surface area contributed by atoms with Gasteiger partial charge in [0, 0.05) is 11.7 Å². The van der Waals surface area contributed by atoms with Gasteiger partial charge in [0.25, 0.3) is 5.91 Å². The first-order chi connectivity index (χ1) is 9.47. The lowest BCUT2D eigenvalue weighted by Crippen LogP contribution is -2.35. The van der Waals surface area contributed by atoms with Gasteiger partial charge in [-0.1, -0.05) is 24.3 Å². The maximum absolute atomic E-state index is 12.2. The molecule has 0 aliphatic heterocycles. The lowest BCUT2D eigenvalue weighted by molar-refractivity contribution is 0.0924. The van der Waals surface area contributed by atoms with Gasteiger partial charge in [-0.2, -0.15) is 0 Å². The van der Waals surface area contributed by atoms with Crippen molar-refractivity contribution in [3.63, 3.8) is 0 Å². The molecule has 20 heavy (non-hydrogen) atoms. The maximum Gasteiger partial charge on any atom is 0.253 e. The number of aliphatic hydroxyl groups is 1. The first kappa shape index (κ1) is 14.3. The van der Waals surface area contributed by atoms with E-state index >= 15 is 0 Å². The van der Waals surface area contributed by atoms with Gasteiger partial charge in [-0.15, -0.1) is 0 Å². The third-order valence-electron chi connectivity index (χ3n) is 3.23. The highest BCUT2D eigenvalue weighted by atomic mass is 16.3. The van der Waals surface area contributed by atoms with Gasteiger partial charge in [0.15, 0.2) is 0 Å². The Morgan fingerprint density at radius 1 is 1.25 bits per heavy atom. The largest absolute Gasteiger partial charge is 0.398 e. The van der Waals surface area contributed by atoms with E-state index in [1.807, 2.05) is 37.3 Å². The molecule has 106 valence electrons. The molecular formula is C16H20N2O2. The van der Waals surface area contributed by atoms with Crippen molar-refractivity contribution in [2.45, 2.75) is 32.4 Å².